The van der Waals surface area contributed by atoms with Crippen LogP contribution in [0.3, 0.4) is 0 Å². The number of carbonyl (C=O) groups is 1. The van der Waals surface area contributed by atoms with E-state index in [4.69, 9.17) is 9.47 Å². The fourth-order valence-corrected chi connectivity index (χ4v) is 1.89. The van der Waals surface area contributed by atoms with Crippen LogP contribution in [-0.2, 0) is 9.53 Å². The lowest BCUT2D eigenvalue weighted by Gasteiger charge is -2.13. The Labute approximate surface area is 117 Å². The van der Waals surface area contributed by atoms with Crippen molar-refractivity contribution in [1.29, 1.82) is 0 Å². The molecule has 1 aromatic carbocycles. The minimum Gasteiger partial charge on any atom is -0.482 e. The standard InChI is InChI=1S/C15H18N2O3/c1-11(9-19-2)17-15(18)10-20-13-7-12-5-3-4-6-14(12)16-8-13/h3-8,11H,9-10H2,1-2H3,(H,17,18). The molecule has 0 aliphatic heterocycles. The summed E-state index contributed by atoms with van der Waals surface area (Å²) in [5.41, 5.74) is 0.901. The molecular formula is C15H18N2O3. The van der Waals surface area contributed by atoms with Crippen molar-refractivity contribution < 1.29 is 14.3 Å². The van der Waals surface area contributed by atoms with Crippen LogP contribution in [0.4, 0.5) is 0 Å². The highest BCUT2D eigenvalue weighted by atomic mass is 16.5. The van der Waals surface area contributed by atoms with Gasteiger partial charge in [-0.15, -0.1) is 0 Å². The lowest BCUT2D eigenvalue weighted by Crippen LogP contribution is -2.38. The van der Waals surface area contributed by atoms with Crippen molar-refractivity contribution in [3.63, 3.8) is 0 Å². The van der Waals surface area contributed by atoms with E-state index in [1.165, 1.54) is 0 Å². The third-order valence-electron chi connectivity index (χ3n) is 2.76. The molecule has 1 heterocycles. The normalized spacial score (nSPS) is 12.1. The molecule has 1 atom stereocenters. The Bertz CT molecular complexity index is 586. The average Bonchev–Trinajstić information content (AvgIpc) is 2.45. The van der Waals surface area contributed by atoms with Crippen molar-refractivity contribution in [3.8, 4) is 5.75 Å². The maximum Gasteiger partial charge on any atom is 0.258 e. The highest BCUT2D eigenvalue weighted by Crippen LogP contribution is 2.17. The second-order valence-corrected chi connectivity index (χ2v) is 4.58. The summed E-state index contributed by atoms with van der Waals surface area (Å²) in [5, 5.41) is 3.76. The number of rotatable bonds is 6. The van der Waals surface area contributed by atoms with Gasteiger partial charge in [-0.3, -0.25) is 9.78 Å². The molecule has 5 nitrogen and oxygen atoms in total. The molecule has 5 heteroatoms. The topological polar surface area (TPSA) is 60.5 Å². The van der Waals surface area contributed by atoms with Gasteiger partial charge in [-0.1, -0.05) is 18.2 Å². The summed E-state index contributed by atoms with van der Waals surface area (Å²) >= 11 is 0. The SMILES string of the molecule is COCC(C)NC(=O)COc1cnc2ccccc2c1. The molecule has 0 radical (unpaired) electrons. The number of aromatic nitrogens is 1. The Balaban J connectivity index is 1.90. The molecule has 2 aromatic rings. The molecule has 0 fully saturated rings. The summed E-state index contributed by atoms with van der Waals surface area (Å²) in [5.74, 6) is 0.404. The van der Waals surface area contributed by atoms with Crippen molar-refractivity contribution in [1.82, 2.24) is 10.3 Å². The molecule has 20 heavy (non-hydrogen) atoms. The lowest BCUT2D eigenvalue weighted by atomic mass is 10.2. The zero-order valence-electron chi connectivity index (χ0n) is 11.6. The van der Waals surface area contributed by atoms with Gasteiger partial charge in [-0.25, -0.2) is 0 Å². The second kappa shape index (κ2) is 6.86. The molecule has 0 bridgehead atoms. The van der Waals surface area contributed by atoms with Gasteiger partial charge in [0.05, 0.1) is 18.3 Å². The number of nitrogens with one attached hydrogen (secondary N) is 1. The first-order valence-corrected chi connectivity index (χ1v) is 6.45. The molecular weight excluding hydrogens is 256 g/mol. The van der Waals surface area contributed by atoms with E-state index in [9.17, 15) is 4.79 Å². The van der Waals surface area contributed by atoms with Crippen molar-refractivity contribution in [2.45, 2.75) is 13.0 Å². The monoisotopic (exact) mass is 274 g/mol. The lowest BCUT2D eigenvalue weighted by molar-refractivity contribution is -0.124. The van der Waals surface area contributed by atoms with Crippen LogP contribution < -0.4 is 10.1 Å². The average molecular weight is 274 g/mol. The fraction of sp³-hybridized carbons (Fsp3) is 0.333. The molecule has 1 aromatic heterocycles. The summed E-state index contributed by atoms with van der Waals surface area (Å²) in [4.78, 5) is 15.9. The van der Waals surface area contributed by atoms with E-state index in [0.717, 1.165) is 10.9 Å². The van der Waals surface area contributed by atoms with Crippen LogP contribution in [-0.4, -0.2) is 37.3 Å². The van der Waals surface area contributed by atoms with Gasteiger partial charge < -0.3 is 14.8 Å². The Morgan fingerprint density at radius 2 is 2.20 bits per heavy atom. The summed E-state index contributed by atoms with van der Waals surface area (Å²) in [6, 6.07) is 9.58. The highest BCUT2D eigenvalue weighted by Gasteiger charge is 2.08. The number of amides is 1. The Morgan fingerprint density at radius 1 is 1.40 bits per heavy atom. The maximum absolute atomic E-state index is 11.7. The zero-order chi connectivity index (χ0) is 14.4. The van der Waals surface area contributed by atoms with E-state index in [2.05, 4.69) is 10.3 Å². The number of hydrogen-bond acceptors (Lipinski definition) is 4. The minimum atomic E-state index is -0.178. The van der Waals surface area contributed by atoms with Gasteiger partial charge >= 0.3 is 0 Å². The van der Waals surface area contributed by atoms with Crippen molar-refractivity contribution in [2.75, 3.05) is 20.3 Å². The van der Waals surface area contributed by atoms with Gasteiger partial charge in [0.2, 0.25) is 0 Å². The number of carbonyl (C=O) groups excluding carboxylic acids is 1. The number of methoxy groups -OCH3 is 1. The Kier molecular flexibility index (Phi) is 4.90. The molecule has 106 valence electrons. The smallest absolute Gasteiger partial charge is 0.258 e. The highest BCUT2D eigenvalue weighted by molar-refractivity contribution is 5.80. The van der Waals surface area contributed by atoms with Crippen LogP contribution >= 0.6 is 0 Å². The Morgan fingerprint density at radius 3 is 3.00 bits per heavy atom. The van der Waals surface area contributed by atoms with Crippen LogP contribution in [0.5, 0.6) is 5.75 Å². The molecule has 2 rings (SSSR count). The second-order valence-electron chi connectivity index (χ2n) is 4.58. The number of nitrogens with zero attached hydrogens (tertiary/aromatic N) is 1. The maximum atomic E-state index is 11.7. The number of pyridine rings is 1. The fourth-order valence-electron chi connectivity index (χ4n) is 1.89. The molecule has 1 amide bonds. The zero-order valence-corrected chi connectivity index (χ0v) is 11.6. The van der Waals surface area contributed by atoms with E-state index in [1.807, 2.05) is 37.3 Å². The summed E-state index contributed by atoms with van der Waals surface area (Å²) in [7, 11) is 1.60. The van der Waals surface area contributed by atoms with Crippen LogP contribution in [0.1, 0.15) is 6.92 Å². The van der Waals surface area contributed by atoms with Gasteiger partial charge in [0.15, 0.2) is 6.61 Å². The molecule has 0 aliphatic carbocycles. The van der Waals surface area contributed by atoms with Gasteiger partial charge in [-0.05, 0) is 19.1 Å². The number of benzene rings is 1. The van der Waals surface area contributed by atoms with Crippen LogP contribution in [0.2, 0.25) is 0 Å². The largest absolute Gasteiger partial charge is 0.482 e. The van der Waals surface area contributed by atoms with Crippen LogP contribution in [0.25, 0.3) is 10.9 Å². The summed E-state index contributed by atoms with van der Waals surface area (Å²) < 4.78 is 10.4. The molecule has 0 saturated heterocycles. The van der Waals surface area contributed by atoms with Crippen LogP contribution in [0.15, 0.2) is 36.5 Å². The molecule has 1 unspecified atom stereocenters. The first-order chi connectivity index (χ1) is 9.69. The first-order valence-electron chi connectivity index (χ1n) is 6.45. The quantitative estimate of drug-likeness (QED) is 0.872. The molecule has 1 N–H and O–H groups in total. The van der Waals surface area contributed by atoms with Gasteiger partial charge in [-0.2, -0.15) is 0 Å². The van der Waals surface area contributed by atoms with Gasteiger partial charge in [0.1, 0.15) is 5.75 Å². The van der Waals surface area contributed by atoms with E-state index >= 15 is 0 Å². The molecule has 0 spiro atoms. The number of ether oxygens (including phenoxy) is 2. The molecule has 0 aliphatic rings. The third-order valence-corrected chi connectivity index (χ3v) is 2.76. The van der Waals surface area contributed by atoms with E-state index in [-0.39, 0.29) is 18.6 Å². The number of hydrogen-bond donors (Lipinski definition) is 1. The van der Waals surface area contributed by atoms with Gasteiger partial charge in [0.25, 0.3) is 5.91 Å². The predicted molar refractivity (Wildman–Crippen MR) is 76.7 cm³/mol. The van der Waals surface area contributed by atoms with E-state index in [0.29, 0.717) is 12.4 Å². The summed E-state index contributed by atoms with van der Waals surface area (Å²) in [6.07, 6.45) is 1.62. The van der Waals surface area contributed by atoms with E-state index in [1.54, 1.807) is 13.3 Å². The van der Waals surface area contributed by atoms with E-state index < -0.39 is 0 Å². The summed E-state index contributed by atoms with van der Waals surface area (Å²) in [6.45, 7) is 2.32. The number of para-hydroxylation sites is 1. The van der Waals surface area contributed by atoms with Crippen molar-refractivity contribution >= 4 is 16.8 Å². The predicted octanol–water partition coefficient (Wildman–Crippen LogP) is 1.76. The molecule has 0 saturated carbocycles. The third kappa shape index (κ3) is 3.93. The Hall–Kier alpha value is -2.14. The van der Waals surface area contributed by atoms with Gasteiger partial charge in [0, 0.05) is 18.5 Å². The number of fused-ring (bicyclic) bond motifs is 1. The van der Waals surface area contributed by atoms with Crippen molar-refractivity contribution in [2.24, 2.45) is 0 Å². The first kappa shape index (κ1) is 14.3. The van der Waals surface area contributed by atoms with Crippen molar-refractivity contribution in [3.05, 3.63) is 36.5 Å². The van der Waals surface area contributed by atoms with Crippen LogP contribution in [0, 0.1) is 0 Å². The minimum absolute atomic E-state index is 0.0337.